The first kappa shape index (κ1) is 22.2. The molecule has 0 aliphatic heterocycles. The second kappa shape index (κ2) is 7.72. The van der Waals surface area contributed by atoms with Crippen LogP contribution in [-0.4, -0.2) is 0 Å². The molecule has 0 aromatic heterocycles. The molecule has 0 nitrogen and oxygen atoms in total. The molecule has 6 aliphatic carbocycles. The summed E-state index contributed by atoms with van der Waals surface area (Å²) in [6.07, 6.45) is 15.8. The summed E-state index contributed by atoms with van der Waals surface area (Å²) >= 11 is 1.82. The number of hydrogen-bond donors (Lipinski definition) is 0. The van der Waals surface area contributed by atoms with Crippen molar-refractivity contribution in [3.8, 4) is 11.1 Å². The average molecular weight is 526 g/mol. The fourth-order valence-corrected chi connectivity index (χ4v) is 11.3. The Balaban J connectivity index is 0.00000102. The van der Waals surface area contributed by atoms with Gasteiger partial charge < -0.3 is 24.8 Å². The molecule has 3 heteroatoms. The van der Waals surface area contributed by atoms with E-state index in [1.165, 1.54) is 49.7 Å². The van der Waals surface area contributed by atoms with Gasteiger partial charge in [0.05, 0.1) is 0 Å². The maximum atomic E-state index is 2.48. The molecule has 0 amide bonds. The van der Waals surface area contributed by atoms with Crippen molar-refractivity contribution in [3.05, 3.63) is 83.5 Å². The molecule has 157 valence electrons. The molecule has 5 unspecified atom stereocenters. The predicted octanol–water partition coefficient (Wildman–Crippen LogP) is 1.23. The van der Waals surface area contributed by atoms with E-state index in [1.54, 1.807) is 16.7 Å². The Kier molecular flexibility index (Phi) is 5.52. The van der Waals surface area contributed by atoms with Gasteiger partial charge in [-0.15, -0.1) is 0 Å². The summed E-state index contributed by atoms with van der Waals surface area (Å²) in [5, 5.41) is 0. The summed E-state index contributed by atoms with van der Waals surface area (Å²) in [5.41, 5.74) is 8.55. The van der Waals surface area contributed by atoms with Gasteiger partial charge in [0.1, 0.15) is 0 Å². The third-order valence-electron chi connectivity index (χ3n) is 9.03. The molecule has 2 aromatic rings. The summed E-state index contributed by atoms with van der Waals surface area (Å²) in [5.74, 6) is 3.37. The third kappa shape index (κ3) is 3.02. The van der Waals surface area contributed by atoms with Crippen molar-refractivity contribution in [1.82, 2.24) is 0 Å². The van der Waals surface area contributed by atoms with E-state index in [0.717, 1.165) is 17.8 Å². The van der Waals surface area contributed by atoms with Crippen LogP contribution in [0.2, 0.25) is 3.12 Å². The number of hydrogen-bond acceptors (Lipinski definition) is 0. The van der Waals surface area contributed by atoms with Gasteiger partial charge in [-0.2, -0.15) is 0 Å². The van der Waals surface area contributed by atoms with Crippen LogP contribution in [-0.2, 0) is 24.7 Å². The summed E-state index contributed by atoms with van der Waals surface area (Å²) in [4.78, 5) is 0. The SMILES string of the molecule is [Cl-].[Cl-].[Zr+2][C]12CC3CC(CC(C4c5ccccc5-c5ccccc54)(C3)C1)C2C1=CC=CC1. The molecule has 4 fully saturated rings. The second-order valence-electron chi connectivity index (χ2n) is 10.6. The Morgan fingerprint density at radius 1 is 0.839 bits per heavy atom. The van der Waals surface area contributed by atoms with E-state index in [1.807, 2.05) is 24.7 Å². The number of benzene rings is 2. The first-order valence-corrected chi connectivity index (χ1v) is 12.7. The van der Waals surface area contributed by atoms with Crippen LogP contribution in [0.1, 0.15) is 55.6 Å². The molecule has 0 spiro atoms. The number of rotatable bonds is 2. The monoisotopic (exact) mass is 523 g/mol. The van der Waals surface area contributed by atoms with E-state index in [4.69, 9.17) is 0 Å². The summed E-state index contributed by atoms with van der Waals surface area (Å²) in [7, 11) is 0. The van der Waals surface area contributed by atoms with Crippen molar-refractivity contribution in [2.75, 3.05) is 0 Å². The molecule has 8 rings (SSSR count). The average Bonchev–Trinajstić information content (AvgIpc) is 3.32. The van der Waals surface area contributed by atoms with E-state index >= 15 is 0 Å². The molecule has 4 bridgehead atoms. The molecular weight excluding hydrogens is 498 g/mol. The summed E-state index contributed by atoms with van der Waals surface area (Å²) in [6.45, 7) is 0. The van der Waals surface area contributed by atoms with Crippen LogP contribution >= 0.6 is 0 Å². The Morgan fingerprint density at radius 3 is 2.13 bits per heavy atom. The minimum absolute atomic E-state index is 0. The molecule has 0 N–H and O–H groups in total. The summed E-state index contributed by atoms with van der Waals surface area (Å²) in [6, 6.07) is 18.7. The molecule has 31 heavy (non-hydrogen) atoms. The Morgan fingerprint density at radius 2 is 1.52 bits per heavy atom. The fourth-order valence-electron chi connectivity index (χ4n) is 8.74. The van der Waals surface area contributed by atoms with Crippen LogP contribution in [0.4, 0.5) is 0 Å². The van der Waals surface area contributed by atoms with E-state index in [0.29, 0.717) is 14.5 Å². The number of halogens is 2. The fraction of sp³-hybridized carbons (Fsp3) is 0.429. The Bertz CT molecular complexity index is 1040. The van der Waals surface area contributed by atoms with Crippen molar-refractivity contribution in [1.29, 1.82) is 0 Å². The van der Waals surface area contributed by atoms with E-state index in [-0.39, 0.29) is 24.8 Å². The zero-order chi connectivity index (χ0) is 19.2. The van der Waals surface area contributed by atoms with Gasteiger partial charge in [-0.05, 0) is 0 Å². The van der Waals surface area contributed by atoms with Crippen molar-refractivity contribution < 1.29 is 49.5 Å². The minimum atomic E-state index is 0. The molecule has 5 atom stereocenters. The zero-order valence-corrected chi connectivity index (χ0v) is 21.6. The summed E-state index contributed by atoms with van der Waals surface area (Å²) < 4.78 is 0.584. The molecule has 0 radical (unpaired) electrons. The van der Waals surface area contributed by atoms with E-state index in [9.17, 15) is 0 Å². The zero-order valence-electron chi connectivity index (χ0n) is 17.7. The van der Waals surface area contributed by atoms with E-state index in [2.05, 4.69) is 66.8 Å². The van der Waals surface area contributed by atoms with Gasteiger partial charge in [0.25, 0.3) is 0 Å². The van der Waals surface area contributed by atoms with Gasteiger partial charge in [-0.3, -0.25) is 0 Å². The van der Waals surface area contributed by atoms with Gasteiger partial charge in [0.2, 0.25) is 0 Å². The van der Waals surface area contributed by atoms with Gasteiger partial charge >= 0.3 is 190 Å². The van der Waals surface area contributed by atoms with Crippen molar-refractivity contribution in [3.63, 3.8) is 0 Å². The van der Waals surface area contributed by atoms with Crippen molar-refractivity contribution >= 4 is 0 Å². The Hall–Kier alpha value is -0.617. The first-order chi connectivity index (χ1) is 14.2. The normalized spacial score (nSPS) is 36.5. The van der Waals surface area contributed by atoms with Crippen LogP contribution < -0.4 is 24.8 Å². The third-order valence-corrected chi connectivity index (χ3v) is 10.7. The van der Waals surface area contributed by atoms with Crippen LogP contribution in [0.15, 0.2) is 72.3 Å². The van der Waals surface area contributed by atoms with Crippen molar-refractivity contribution in [2.45, 2.75) is 47.6 Å². The molecular formula is C28H27Cl2Zr. The van der Waals surface area contributed by atoms with Gasteiger partial charge in [0.15, 0.2) is 0 Å². The number of allylic oxidation sites excluding steroid dienone is 4. The van der Waals surface area contributed by atoms with Crippen LogP contribution in [0, 0.1) is 23.2 Å². The quantitative estimate of drug-likeness (QED) is 0.554. The van der Waals surface area contributed by atoms with Gasteiger partial charge in [-0.25, -0.2) is 0 Å². The molecule has 0 saturated heterocycles. The van der Waals surface area contributed by atoms with Gasteiger partial charge in [-0.1, -0.05) is 0 Å². The standard InChI is InChI=1S/C28H27.2ClH.Zr/c1-2-8-19(7-1)26-20-13-18-14-21(26)17-28(15-18,16-20)27-24-11-5-3-9-22(24)23-10-4-6-12-25(23)27;;;/h1-7,9-12,18,20,26-27H,8,13-17H2;2*1H;/q;;;+2/p-2. The molecule has 4 saturated carbocycles. The van der Waals surface area contributed by atoms with Crippen LogP contribution in [0.25, 0.3) is 11.1 Å². The van der Waals surface area contributed by atoms with Gasteiger partial charge in [0, 0.05) is 0 Å². The van der Waals surface area contributed by atoms with Crippen LogP contribution in [0.3, 0.4) is 0 Å². The number of fused-ring (bicyclic) bond motifs is 3. The van der Waals surface area contributed by atoms with Crippen LogP contribution in [0.5, 0.6) is 0 Å². The molecule has 6 aliphatic rings. The second-order valence-corrected chi connectivity index (χ2v) is 13.1. The molecule has 0 heterocycles. The Labute approximate surface area is 213 Å². The predicted molar refractivity (Wildman–Crippen MR) is 114 cm³/mol. The topological polar surface area (TPSA) is 0 Å². The maximum absolute atomic E-state index is 2.48. The first-order valence-electron chi connectivity index (χ1n) is 11.5. The van der Waals surface area contributed by atoms with Crippen molar-refractivity contribution in [2.24, 2.45) is 23.2 Å². The molecule has 2 aromatic carbocycles. The van der Waals surface area contributed by atoms with E-state index < -0.39 is 0 Å².